The first kappa shape index (κ1) is 20.0. The predicted octanol–water partition coefficient (Wildman–Crippen LogP) is 4.32. The van der Waals surface area contributed by atoms with Crippen LogP contribution in [0.25, 0.3) is 6.08 Å². The average Bonchev–Trinajstić information content (AvgIpc) is 2.86. The van der Waals surface area contributed by atoms with Gasteiger partial charge < -0.3 is 4.74 Å². The summed E-state index contributed by atoms with van der Waals surface area (Å²) in [5.74, 6) is -0.438. The topological polar surface area (TPSA) is 60.4 Å². The molecule has 2 aromatic rings. The molecule has 0 aliphatic carbocycles. The second kappa shape index (κ2) is 7.34. The Morgan fingerprint density at radius 1 is 1.07 bits per heavy atom. The summed E-state index contributed by atoms with van der Waals surface area (Å²) in [6, 6.07) is 16.0. The van der Waals surface area contributed by atoms with Crippen LogP contribution in [0.15, 0.2) is 64.0 Å². The molecule has 0 unspecified atom stereocenters. The van der Waals surface area contributed by atoms with E-state index in [1.807, 2.05) is 37.3 Å². The van der Waals surface area contributed by atoms with Gasteiger partial charge in [0, 0.05) is 4.48 Å². The zero-order chi connectivity index (χ0) is 19.8. The molecule has 2 atom stereocenters. The normalized spacial score (nSPS) is 22.8. The standard InChI is InChI=1S/C21H21BrO4S/c1-14-9-11-16(12-10-14)27(24,25)19-18(26-21(2,3)20(19)23)17(22)13-15-7-5-4-6-8-15/h4-13,18-19H,1-3H3/b17-13-/t18-,19-/m0/s1. The molecule has 0 N–H and O–H groups in total. The number of hydrogen-bond donors (Lipinski definition) is 0. The minimum absolute atomic E-state index is 0.123. The van der Waals surface area contributed by atoms with E-state index in [0.717, 1.165) is 11.1 Å². The van der Waals surface area contributed by atoms with Crippen molar-refractivity contribution in [2.24, 2.45) is 0 Å². The number of sulfone groups is 1. The first-order valence-corrected chi connectivity index (χ1v) is 10.9. The number of benzene rings is 2. The molecule has 0 radical (unpaired) electrons. The summed E-state index contributed by atoms with van der Waals surface area (Å²) >= 11 is 3.46. The summed E-state index contributed by atoms with van der Waals surface area (Å²) in [4.78, 5) is 13.1. The lowest BCUT2D eigenvalue weighted by molar-refractivity contribution is -0.128. The van der Waals surface area contributed by atoms with Crippen molar-refractivity contribution in [1.29, 1.82) is 0 Å². The Bertz CT molecular complexity index is 977. The van der Waals surface area contributed by atoms with Gasteiger partial charge in [0.1, 0.15) is 11.7 Å². The number of rotatable bonds is 4. The molecular formula is C21H21BrO4S. The number of carbonyl (C=O) groups excluding carboxylic acids is 1. The Labute approximate surface area is 168 Å². The molecule has 1 aliphatic rings. The molecule has 1 fully saturated rings. The highest BCUT2D eigenvalue weighted by Crippen LogP contribution is 2.39. The van der Waals surface area contributed by atoms with E-state index in [2.05, 4.69) is 15.9 Å². The first-order chi connectivity index (χ1) is 12.6. The molecule has 0 amide bonds. The van der Waals surface area contributed by atoms with Crippen LogP contribution in [-0.4, -0.2) is 31.2 Å². The maximum Gasteiger partial charge on any atom is 0.191 e. The van der Waals surface area contributed by atoms with Crippen molar-refractivity contribution >= 4 is 37.6 Å². The molecule has 27 heavy (non-hydrogen) atoms. The Kier molecular flexibility index (Phi) is 5.43. The van der Waals surface area contributed by atoms with Crippen molar-refractivity contribution in [3.8, 4) is 0 Å². The number of ether oxygens (including phenoxy) is 1. The maximum atomic E-state index is 13.3. The van der Waals surface area contributed by atoms with E-state index in [9.17, 15) is 13.2 Å². The van der Waals surface area contributed by atoms with Crippen molar-refractivity contribution in [3.05, 3.63) is 70.2 Å². The lowest BCUT2D eigenvalue weighted by Crippen LogP contribution is -2.38. The van der Waals surface area contributed by atoms with Crippen molar-refractivity contribution in [3.63, 3.8) is 0 Å². The smallest absolute Gasteiger partial charge is 0.191 e. The molecule has 0 aromatic heterocycles. The number of hydrogen-bond acceptors (Lipinski definition) is 4. The average molecular weight is 449 g/mol. The Hall–Kier alpha value is -1.76. The maximum absolute atomic E-state index is 13.3. The van der Waals surface area contributed by atoms with Gasteiger partial charge in [0.25, 0.3) is 0 Å². The lowest BCUT2D eigenvalue weighted by Gasteiger charge is -2.18. The van der Waals surface area contributed by atoms with Crippen molar-refractivity contribution < 1.29 is 17.9 Å². The van der Waals surface area contributed by atoms with E-state index in [-0.39, 0.29) is 4.90 Å². The Morgan fingerprint density at radius 2 is 1.67 bits per heavy atom. The minimum Gasteiger partial charge on any atom is -0.357 e. The predicted molar refractivity (Wildman–Crippen MR) is 109 cm³/mol. The zero-order valence-electron chi connectivity index (χ0n) is 15.3. The van der Waals surface area contributed by atoms with Gasteiger partial charge in [-0.3, -0.25) is 4.79 Å². The van der Waals surface area contributed by atoms with Gasteiger partial charge in [-0.1, -0.05) is 64.0 Å². The van der Waals surface area contributed by atoms with Gasteiger partial charge in [0.2, 0.25) is 0 Å². The van der Waals surface area contributed by atoms with Gasteiger partial charge in [0.05, 0.1) is 4.90 Å². The van der Waals surface area contributed by atoms with Gasteiger partial charge in [0.15, 0.2) is 20.9 Å². The van der Waals surface area contributed by atoms with Crippen LogP contribution >= 0.6 is 15.9 Å². The third kappa shape index (κ3) is 3.93. The number of halogens is 1. The van der Waals surface area contributed by atoms with Gasteiger partial charge in [-0.05, 0) is 44.5 Å². The Balaban J connectivity index is 2.06. The van der Waals surface area contributed by atoms with Crippen LogP contribution in [0.4, 0.5) is 0 Å². The molecule has 2 aromatic carbocycles. The van der Waals surface area contributed by atoms with Gasteiger partial charge in [-0.2, -0.15) is 0 Å². The number of aryl methyl sites for hydroxylation is 1. The van der Waals surface area contributed by atoms with Gasteiger partial charge >= 0.3 is 0 Å². The summed E-state index contributed by atoms with van der Waals surface area (Å²) in [6.07, 6.45) is 0.885. The van der Waals surface area contributed by atoms with Gasteiger partial charge in [-0.15, -0.1) is 0 Å². The second-order valence-corrected chi connectivity index (χ2v) is 10.1. The van der Waals surface area contributed by atoms with E-state index < -0.39 is 32.6 Å². The second-order valence-electron chi connectivity index (χ2n) is 7.13. The summed E-state index contributed by atoms with van der Waals surface area (Å²) in [5.41, 5.74) is 0.651. The van der Waals surface area contributed by atoms with E-state index in [4.69, 9.17) is 4.74 Å². The highest BCUT2D eigenvalue weighted by molar-refractivity contribution is 9.11. The van der Waals surface area contributed by atoms with Crippen LogP contribution in [0.5, 0.6) is 0 Å². The van der Waals surface area contributed by atoms with Crippen LogP contribution < -0.4 is 0 Å². The summed E-state index contributed by atoms with van der Waals surface area (Å²) in [5, 5.41) is -1.30. The third-order valence-corrected chi connectivity index (χ3v) is 7.35. The molecule has 3 rings (SSSR count). The van der Waals surface area contributed by atoms with Crippen molar-refractivity contribution in [2.45, 2.75) is 42.6 Å². The lowest BCUT2D eigenvalue weighted by atomic mass is 10.0. The molecule has 0 spiro atoms. The molecule has 0 saturated carbocycles. The molecule has 6 heteroatoms. The summed E-state index contributed by atoms with van der Waals surface area (Å²) < 4.78 is 32.9. The van der Waals surface area contributed by atoms with Gasteiger partial charge in [-0.25, -0.2) is 8.42 Å². The monoisotopic (exact) mass is 448 g/mol. The fraction of sp³-hybridized carbons (Fsp3) is 0.286. The minimum atomic E-state index is -3.91. The number of carbonyl (C=O) groups is 1. The van der Waals surface area contributed by atoms with Crippen LogP contribution in [0.2, 0.25) is 0 Å². The van der Waals surface area contributed by atoms with E-state index in [1.165, 1.54) is 12.1 Å². The summed E-state index contributed by atoms with van der Waals surface area (Å²) in [7, 11) is -3.91. The SMILES string of the molecule is Cc1ccc(S(=O)(=O)[C@@H]2C(=O)C(C)(C)O[C@H]2/C(Br)=C/c2ccccc2)cc1. The van der Waals surface area contributed by atoms with E-state index in [1.54, 1.807) is 32.1 Å². The van der Waals surface area contributed by atoms with E-state index in [0.29, 0.717) is 4.48 Å². The molecular weight excluding hydrogens is 428 g/mol. The molecule has 1 aliphatic heterocycles. The molecule has 0 bridgehead atoms. The van der Waals surface area contributed by atoms with Crippen LogP contribution in [0.3, 0.4) is 0 Å². The third-order valence-electron chi connectivity index (χ3n) is 4.61. The molecule has 1 saturated heterocycles. The van der Waals surface area contributed by atoms with Crippen LogP contribution in [-0.2, 0) is 19.4 Å². The molecule has 1 heterocycles. The largest absolute Gasteiger partial charge is 0.357 e. The number of Topliss-reactive ketones (excluding diaryl/α,β-unsaturated/α-hetero) is 1. The van der Waals surface area contributed by atoms with Crippen molar-refractivity contribution in [1.82, 2.24) is 0 Å². The fourth-order valence-electron chi connectivity index (χ4n) is 3.09. The quantitative estimate of drug-likeness (QED) is 0.698. The van der Waals surface area contributed by atoms with Crippen molar-refractivity contribution in [2.75, 3.05) is 0 Å². The van der Waals surface area contributed by atoms with E-state index >= 15 is 0 Å². The Morgan fingerprint density at radius 3 is 2.26 bits per heavy atom. The molecule has 142 valence electrons. The fourth-order valence-corrected chi connectivity index (χ4v) is 5.79. The molecule has 4 nitrogen and oxygen atoms in total. The van der Waals surface area contributed by atoms with Crippen LogP contribution in [0, 0.1) is 6.92 Å². The number of ketones is 1. The first-order valence-electron chi connectivity index (χ1n) is 8.58. The van der Waals surface area contributed by atoms with Crippen LogP contribution in [0.1, 0.15) is 25.0 Å². The highest BCUT2D eigenvalue weighted by Gasteiger charge is 2.55. The highest BCUT2D eigenvalue weighted by atomic mass is 79.9. The zero-order valence-corrected chi connectivity index (χ0v) is 17.7. The summed E-state index contributed by atoms with van der Waals surface area (Å²) in [6.45, 7) is 5.09.